The summed E-state index contributed by atoms with van der Waals surface area (Å²) in [6, 6.07) is 22.5. The van der Waals surface area contributed by atoms with Crippen molar-refractivity contribution in [3.63, 3.8) is 0 Å². The molecule has 216 valence electrons. The number of amides is 2. The largest absolute Gasteiger partial charge is 0.456 e. The molecule has 0 spiro atoms. The summed E-state index contributed by atoms with van der Waals surface area (Å²) < 4.78 is 10.8. The first-order chi connectivity index (χ1) is 20.9. The number of ketones is 1. The molecule has 3 fully saturated rings. The van der Waals surface area contributed by atoms with Gasteiger partial charge in [0.1, 0.15) is 11.8 Å². The topological polar surface area (TPSA) is 107 Å². The molecule has 8 rings (SSSR count). The van der Waals surface area contributed by atoms with Crippen molar-refractivity contribution < 1.29 is 33.4 Å². The molecule has 7 atom stereocenters. The molecule has 7 unspecified atom stereocenters. The van der Waals surface area contributed by atoms with Crippen LogP contribution in [0.15, 0.2) is 97.1 Å². The third kappa shape index (κ3) is 4.86. The van der Waals surface area contributed by atoms with Crippen LogP contribution >= 0.6 is 0 Å². The average Bonchev–Trinajstić information content (AvgIpc) is 3.82. The van der Waals surface area contributed by atoms with Gasteiger partial charge >= 0.3 is 11.9 Å². The number of esters is 2. The number of allylic oxidation sites excluding steroid dienone is 2. The fourth-order valence-electron chi connectivity index (χ4n) is 7.17. The van der Waals surface area contributed by atoms with Crippen LogP contribution in [0.5, 0.6) is 5.75 Å². The maximum absolute atomic E-state index is 13.8. The maximum atomic E-state index is 13.8. The van der Waals surface area contributed by atoms with Gasteiger partial charge < -0.3 is 9.47 Å². The van der Waals surface area contributed by atoms with Crippen molar-refractivity contribution in [2.45, 2.75) is 18.9 Å². The van der Waals surface area contributed by atoms with Crippen molar-refractivity contribution in [1.82, 2.24) is 4.90 Å². The van der Waals surface area contributed by atoms with Gasteiger partial charge in [-0.25, -0.2) is 9.59 Å². The molecule has 2 bridgehead atoms. The zero-order valence-corrected chi connectivity index (χ0v) is 23.2. The summed E-state index contributed by atoms with van der Waals surface area (Å²) in [5, 5.41) is 0. The van der Waals surface area contributed by atoms with Crippen molar-refractivity contribution in [2.75, 3.05) is 6.61 Å². The molecule has 3 aromatic rings. The molecule has 2 amide bonds. The summed E-state index contributed by atoms with van der Waals surface area (Å²) in [6.07, 6.45) is 5.32. The summed E-state index contributed by atoms with van der Waals surface area (Å²) in [6.45, 7) is -0.562. The van der Waals surface area contributed by atoms with Crippen LogP contribution in [0.25, 0.3) is 0 Å². The van der Waals surface area contributed by atoms with Gasteiger partial charge in [-0.1, -0.05) is 60.7 Å². The van der Waals surface area contributed by atoms with Crippen LogP contribution in [0, 0.1) is 35.5 Å². The number of Topliss-reactive ketones (excluding diaryl/α,β-unsaturated/α-hetero) is 1. The van der Waals surface area contributed by atoms with Crippen molar-refractivity contribution in [1.29, 1.82) is 0 Å². The predicted octanol–water partition coefficient (Wildman–Crippen LogP) is 4.30. The van der Waals surface area contributed by atoms with Crippen molar-refractivity contribution in [2.24, 2.45) is 35.5 Å². The third-order valence-electron chi connectivity index (χ3n) is 9.29. The number of imide groups is 1. The number of hydrogen-bond acceptors (Lipinski definition) is 7. The lowest BCUT2D eigenvalue weighted by Gasteiger charge is -2.37. The number of rotatable bonds is 9. The highest BCUT2D eigenvalue weighted by Crippen LogP contribution is 2.65. The van der Waals surface area contributed by atoms with E-state index in [0.717, 1.165) is 16.9 Å². The first-order valence-electron chi connectivity index (χ1n) is 14.6. The molecular weight excluding hydrogens is 546 g/mol. The van der Waals surface area contributed by atoms with Crippen LogP contribution in [0.1, 0.15) is 32.7 Å². The molecule has 4 aliphatic carbocycles. The van der Waals surface area contributed by atoms with Crippen LogP contribution in [0.3, 0.4) is 0 Å². The van der Waals surface area contributed by atoms with E-state index in [1.54, 1.807) is 30.3 Å². The number of hydrogen-bond donors (Lipinski definition) is 0. The molecule has 5 aliphatic rings. The fourth-order valence-corrected chi connectivity index (χ4v) is 7.17. The Morgan fingerprint density at radius 2 is 1.33 bits per heavy atom. The van der Waals surface area contributed by atoms with E-state index < -0.39 is 42.2 Å². The van der Waals surface area contributed by atoms with E-state index in [1.165, 1.54) is 24.3 Å². The molecule has 0 N–H and O–H groups in total. The number of nitrogens with zero attached hydrogens (tertiary/aromatic N) is 1. The van der Waals surface area contributed by atoms with E-state index in [4.69, 9.17) is 9.47 Å². The van der Waals surface area contributed by atoms with E-state index >= 15 is 0 Å². The first-order valence-corrected chi connectivity index (χ1v) is 14.6. The van der Waals surface area contributed by atoms with E-state index in [0.29, 0.717) is 17.4 Å². The molecule has 1 aliphatic heterocycles. The number of benzene rings is 3. The monoisotopic (exact) mass is 575 g/mol. The lowest BCUT2D eigenvalue weighted by atomic mass is 9.63. The zero-order valence-electron chi connectivity index (χ0n) is 23.2. The van der Waals surface area contributed by atoms with E-state index in [1.807, 2.05) is 30.3 Å². The summed E-state index contributed by atoms with van der Waals surface area (Å²) in [7, 11) is 0. The van der Waals surface area contributed by atoms with E-state index in [9.17, 15) is 24.0 Å². The Labute approximate surface area is 248 Å². The predicted molar refractivity (Wildman–Crippen MR) is 154 cm³/mol. The molecule has 2 saturated carbocycles. The summed E-state index contributed by atoms with van der Waals surface area (Å²) in [5.74, 6) is -2.08. The Bertz CT molecular complexity index is 1600. The lowest BCUT2D eigenvalue weighted by molar-refractivity contribution is -0.158. The fraction of sp³-hybridized carbons (Fsp3) is 0.286. The minimum atomic E-state index is -1.17. The first kappa shape index (κ1) is 27.0. The molecule has 8 heteroatoms. The summed E-state index contributed by atoms with van der Waals surface area (Å²) >= 11 is 0. The van der Waals surface area contributed by atoms with Crippen LogP contribution in [-0.4, -0.2) is 47.1 Å². The van der Waals surface area contributed by atoms with Crippen molar-refractivity contribution >= 4 is 29.5 Å². The minimum absolute atomic E-state index is 0.0337. The normalized spacial score (nSPS) is 26.8. The molecule has 1 saturated heterocycles. The molecular formula is C35H29NO7. The molecule has 0 radical (unpaired) electrons. The highest BCUT2D eigenvalue weighted by atomic mass is 16.5. The average molecular weight is 576 g/mol. The van der Waals surface area contributed by atoms with E-state index in [2.05, 4.69) is 12.2 Å². The van der Waals surface area contributed by atoms with Gasteiger partial charge in [-0.3, -0.25) is 19.3 Å². The Morgan fingerprint density at radius 3 is 1.93 bits per heavy atom. The van der Waals surface area contributed by atoms with E-state index in [-0.39, 0.29) is 41.4 Å². The maximum Gasteiger partial charge on any atom is 0.343 e. The Hall–Kier alpha value is -4.85. The van der Waals surface area contributed by atoms with Crippen molar-refractivity contribution in [3.8, 4) is 5.75 Å². The third-order valence-corrected chi connectivity index (χ3v) is 9.29. The molecule has 1 heterocycles. The lowest BCUT2D eigenvalue weighted by Crippen LogP contribution is -2.48. The highest BCUT2D eigenvalue weighted by Gasteiger charge is 2.68. The second-order valence-electron chi connectivity index (χ2n) is 11.7. The van der Waals surface area contributed by atoms with Crippen LogP contribution in [0.2, 0.25) is 0 Å². The van der Waals surface area contributed by atoms with Gasteiger partial charge in [0, 0.05) is 12.0 Å². The second kappa shape index (κ2) is 10.8. The van der Waals surface area contributed by atoms with Crippen LogP contribution in [-0.2, 0) is 25.5 Å². The Morgan fingerprint density at radius 1 is 0.744 bits per heavy atom. The van der Waals surface area contributed by atoms with Crippen molar-refractivity contribution in [3.05, 3.63) is 114 Å². The smallest absolute Gasteiger partial charge is 0.343 e. The Balaban J connectivity index is 1.04. The molecule has 3 aromatic carbocycles. The van der Waals surface area contributed by atoms with Gasteiger partial charge in [0.05, 0.1) is 17.4 Å². The summed E-state index contributed by atoms with van der Waals surface area (Å²) in [4.78, 5) is 67.4. The number of likely N-dealkylation sites (tertiary alicyclic amines) is 1. The van der Waals surface area contributed by atoms with Gasteiger partial charge in [0.25, 0.3) is 0 Å². The van der Waals surface area contributed by atoms with Gasteiger partial charge in [0.15, 0.2) is 12.4 Å². The second-order valence-corrected chi connectivity index (χ2v) is 11.7. The molecule has 43 heavy (non-hydrogen) atoms. The SMILES string of the molecule is O=C(COC(=O)C(Cc1ccccc1)N1C(=O)C2C3C=CC(C4CC34)C2C1=O)c1ccc(OC(=O)c2ccccc2)cc1. The number of ether oxygens (including phenoxy) is 2. The Kier molecular flexibility index (Phi) is 6.76. The van der Waals surface area contributed by atoms with Crippen LogP contribution < -0.4 is 4.74 Å². The number of carbonyl (C=O) groups excluding carboxylic acids is 5. The van der Waals surface area contributed by atoms with Gasteiger partial charge in [-0.15, -0.1) is 0 Å². The van der Waals surface area contributed by atoms with Gasteiger partial charge in [-0.05, 0) is 72.1 Å². The quantitative estimate of drug-likeness (QED) is 0.123. The van der Waals surface area contributed by atoms with Crippen LogP contribution in [0.4, 0.5) is 0 Å². The molecule has 0 aromatic heterocycles. The summed E-state index contributed by atoms with van der Waals surface area (Å²) in [5.41, 5.74) is 1.43. The zero-order chi connectivity index (χ0) is 29.7. The highest BCUT2D eigenvalue weighted by molar-refractivity contribution is 6.09. The van der Waals surface area contributed by atoms with Gasteiger partial charge in [0.2, 0.25) is 11.8 Å². The van der Waals surface area contributed by atoms with Gasteiger partial charge in [-0.2, -0.15) is 0 Å². The molecule has 8 nitrogen and oxygen atoms in total. The minimum Gasteiger partial charge on any atom is -0.456 e. The number of carbonyl (C=O) groups is 5. The standard InChI is InChI=1S/C35H29NO7/c37-29(21-11-13-23(14-12-21)43-34(40)22-9-5-2-6-10-22)19-42-35(41)28(17-20-7-3-1-4-8-20)36-32(38)30-24-15-16-25(27-18-26(24)27)31(30)33(36)39/h1-16,24-28,30-31H,17-19H2.